The van der Waals surface area contributed by atoms with Gasteiger partial charge >= 0.3 is 0 Å². The zero-order chi connectivity index (χ0) is 19.4. The fraction of sp³-hybridized carbons (Fsp3) is 0.263. The van der Waals surface area contributed by atoms with Crippen molar-refractivity contribution < 1.29 is 22.4 Å². The van der Waals surface area contributed by atoms with Gasteiger partial charge in [0.05, 0.1) is 18.1 Å². The van der Waals surface area contributed by atoms with Gasteiger partial charge in [-0.05, 0) is 62.4 Å². The molecular weight excluding hydrogens is 368 g/mol. The van der Waals surface area contributed by atoms with Crippen LogP contribution >= 0.6 is 0 Å². The van der Waals surface area contributed by atoms with Crippen LogP contribution in [-0.4, -0.2) is 31.8 Å². The highest BCUT2D eigenvalue weighted by atomic mass is 32.2. The first kappa shape index (κ1) is 18.9. The van der Waals surface area contributed by atoms with E-state index >= 15 is 0 Å². The Morgan fingerprint density at radius 1 is 1.00 bits per heavy atom. The lowest BCUT2D eigenvalue weighted by molar-refractivity contribution is 0.242. The van der Waals surface area contributed by atoms with Gasteiger partial charge in [0.25, 0.3) is 0 Å². The van der Waals surface area contributed by atoms with E-state index in [1.165, 1.54) is 19.2 Å². The Bertz CT molecular complexity index is 993. The summed E-state index contributed by atoms with van der Waals surface area (Å²) in [5, 5.41) is 3.87. The van der Waals surface area contributed by atoms with Gasteiger partial charge in [0.2, 0.25) is 11.7 Å². The number of sulfone groups is 1. The molecule has 0 aliphatic rings. The predicted octanol–water partition coefficient (Wildman–Crippen LogP) is 3.51. The van der Waals surface area contributed by atoms with Crippen molar-refractivity contribution in [2.24, 2.45) is 0 Å². The second kappa shape index (κ2) is 7.79. The largest absolute Gasteiger partial charge is 0.497 e. The fourth-order valence-corrected chi connectivity index (χ4v) is 3.57. The summed E-state index contributed by atoms with van der Waals surface area (Å²) in [6.45, 7) is 3.89. The van der Waals surface area contributed by atoms with Crippen molar-refractivity contribution >= 4 is 9.84 Å². The Hall–Kier alpha value is -2.87. The topological polar surface area (TPSA) is 91.5 Å². The summed E-state index contributed by atoms with van der Waals surface area (Å²) in [6.07, 6.45) is 0.0794. The minimum absolute atomic E-state index is 0.0309. The standard InChI is InChI=1S/C19H20N2O5S/c1-13(2)25-16-6-4-14(5-7-16)19-20-18(26-21-19)12-27(22,23)17-10-8-15(24-3)9-11-17/h4-11,13H,12H2,1-3H3. The molecule has 0 fully saturated rings. The van der Waals surface area contributed by atoms with Gasteiger partial charge in [-0.1, -0.05) is 5.16 Å². The van der Waals surface area contributed by atoms with Crippen LogP contribution in [0.1, 0.15) is 19.7 Å². The first-order valence-corrected chi connectivity index (χ1v) is 9.99. The van der Waals surface area contributed by atoms with E-state index in [1.807, 2.05) is 13.8 Å². The molecule has 27 heavy (non-hydrogen) atoms. The van der Waals surface area contributed by atoms with Gasteiger partial charge in [-0.2, -0.15) is 4.98 Å². The van der Waals surface area contributed by atoms with Crippen molar-refractivity contribution in [1.29, 1.82) is 0 Å². The number of nitrogens with zero attached hydrogens (tertiary/aromatic N) is 2. The number of methoxy groups -OCH3 is 1. The Balaban J connectivity index is 1.75. The molecule has 7 nitrogen and oxygen atoms in total. The Labute approximate surface area is 157 Å². The molecule has 0 aliphatic carbocycles. The fourth-order valence-electron chi connectivity index (χ4n) is 2.41. The van der Waals surface area contributed by atoms with Crippen LogP contribution in [0.4, 0.5) is 0 Å². The zero-order valence-corrected chi connectivity index (χ0v) is 16.1. The molecule has 0 spiro atoms. The molecule has 0 N–H and O–H groups in total. The molecule has 0 saturated heterocycles. The minimum Gasteiger partial charge on any atom is -0.497 e. The molecule has 0 radical (unpaired) electrons. The number of hydrogen-bond acceptors (Lipinski definition) is 7. The number of benzene rings is 2. The summed E-state index contributed by atoms with van der Waals surface area (Å²) in [6, 6.07) is 13.4. The summed E-state index contributed by atoms with van der Waals surface area (Å²) in [5.41, 5.74) is 0.711. The third-order valence-corrected chi connectivity index (χ3v) is 5.30. The average molecular weight is 388 g/mol. The monoisotopic (exact) mass is 388 g/mol. The lowest BCUT2D eigenvalue weighted by atomic mass is 10.2. The molecule has 0 aliphatic heterocycles. The maximum Gasteiger partial charge on any atom is 0.242 e. The molecule has 3 rings (SSSR count). The summed E-state index contributed by atoms with van der Waals surface area (Å²) in [4.78, 5) is 4.36. The van der Waals surface area contributed by atoms with Crippen molar-refractivity contribution in [1.82, 2.24) is 10.1 Å². The Morgan fingerprint density at radius 3 is 2.22 bits per heavy atom. The van der Waals surface area contributed by atoms with Crippen molar-refractivity contribution in [2.75, 3.05) is 7.11 Å². The number of hydrogen-bond donors (Lipinski definition) is 0. The lowest BCUT2D eigenvalue weighted by Gasteiger charge is -2.09. The van der Waals surface area contributed by atoms with Crippen LogP contribution in [0.5, 0.6) is 11.5 Å². The molecule has 0 unspecified atom stereocenters. The van der Waals surface area contributed by atoms with E-state index in [2.05, 4.69) is 10.1 Å². The normalized spacial score (nSPS) is 11.6. The molecular formula is C19H20N2O5S. The molecule has 1 heterocycles. The molecule has 0 amide bonds. The van der Waals surface area contributed by atoms with Gasteiger partial charge in [-0.3, -0.25) is 0 Å². The van der Waals surface area contributed by atoms with Crippen LogP contribution in [0, 0.1) is 0 Å². The smallest absolute Gasteiger partial charge is 0.242 e. The molecule has 142 valence electrons. The molecule has 1 aromatic heterocycles. The predicted molar refractivity (Wildman–Crippen MR) is 99.4 cm³/mol. The highest BCUT2D eigenvalue weighted by molar-refractivity contribution is 7.90. The molecule has 0 saturated carbocycles. The van der Waals surface area contributed by atoms with E-state index in [4.69, 9.17) is 14.0 Å². The van der Waals surface area contributed by atoms with Gasteiger partial charge in [0.15, 0.2) is 9.84 Å². The number of rotatable bonds is 7. The summed E-state index contributed by atoms with van der Waals surface area (Å²) in [7, 11) is -2.08. The third-order valence-electron chi connectivity index (χ3n) is 3.68. The van der Waals surface area contributed by atoms with E-state index in [0.29, 0.717) is 17.1 Å². The molecule has 3 aromatic rings. The maximum absolute atomic E-state index is 12.5. The first-order valence-electron chi connectivity index (χ1n) is 8.34. The summed E-state index contributed by atoms with van der Waals surface area (Å²) < 4.78 is 40.8. The molecule has 0 bridgehead atoms. The van der Waals surface area contributed by atoms with Crippen molar-refractivity contribution in [3.05, 3.63) is 54.4 Å². The zero-order valence-electron chi connectivity index (χ0n) is 15.2. The minimum atomic E-state index is -3.60. The maximum atomic E-state index is 12.5. The van der Waals surface area contributed by atoms with Gasteiger partial charge in [-0.25, -0.2) is 8.42 Å². The van der Waals surface area contributed by atoms with Gasteiger partial charge in [-0.15, -0.1) is 0 Å². The SMILES string of the molecule is COc1ccc(S(=O)(=O)Cc2nc(-c3ccc(OC(C)C)cc3)no2)cc1. The summed E-state index contributed by atoms with van der Waals surface area (Å²) in [5.74, 6) is 1.30. The van der Waals surface area contributed by atoms with Crippen LogP contribution in [0.25, 0.3) is 11.4 Å². The molecule has 8 heteroatoms. The second-order valence-corrected chi connectivity index (χ2v) is 8.13. The van der Waals surface area contributed by atoms with Crippen LogP contribution < -0.4 is 9.47 Å². The van der Waals surface area contributed by atoms with Crippen LogP contribution in [-0.2, 0) is 15.6 Å². The second-order valence-electron chi connectivity index (χ2n) is 6.14. The highest BCUT2D eigenvalue weighted by Gasteiger charge is 2.20. The quantitative estimate of drug-likeness (QED) is 0.611. The lowest BCUT2D eigenvalue weighted by Crippen LogP contribution is -2.05. The Morgan fingerprint density at radius 2 is 1.63 bits per heavy atom. The number of aromatic nitrogens is 2. The molecule has 2 aromatic carbocycles. The number of ether oxygens (including phenoxy) is 2. The van der Waals surface area contributed by atoms with E-state index in [9.17, 15) is 8.42 Å². The average Bonchev–Trinajstić information content (AvgIpc) is 3.09. The van der Waals surface area contributed by atoms with Crippen molar-refractivity contribution in [3.8, 4) is 22.9 Å². The van der Waals surface area contributed by atoms with Crippen molar-refractivity contribution in [2.45, 2.75) is 30.6 Å². The van der Waals surface area contributed by atoms with Crippen LogP contribution in [0.3, 0.4) is 0 Å². The Kier molecular flexibility index (Phi) is 5.46. The van der Waals surface area contributed by atoms with Crippen molar-refractivity contribution in [3.63, 3.8) is 0 Å². The third kappa shape index (κ3) is 4.65. The van der Waals surface area contributed by atoms with Crippen LogP contribution in [0.2, 0.25) is 0 Å². The van der Waals surface area contributed by atoms with Gasteiger partial charge in [0, 0.05) is 5.56 Å². The van der Waals surface area contributed by atoms with Crippen LogP contribution in [0.15, 0.2) is 57.9 Å². The van der Waals surface area contributed by atoms with E-state index in [0.717, 1.165) is 5.75 Å². The van der Waals surface area contributed by atoms with E-state index in [1.54, 1.807) is 36.4 Å². The van der Waals surface area contributed by atoms with E-state index in [-0.39, 0.29) is 22.6 Å². The highest BCUT2D eigenvalue weighted by Crippen LogP contribution is 2.23. The molecule has 0 atom stereocenters. The first-order chi connectivity index (χ1) is 12.9. The summed E-state index contributed by atoms with van der Waals surface area (Å²) >= 11 is 0. The van der Waals surface area contributed by atoms with Gasteiger partial charge in [0.1, 0.15) is 17.3 Å². The van der Waals surface area contributed by atoms with E-state index < -0.39 is 9.84 Å². The van der Waals surface area contributed by atoms with Gasteiger partial charge < -0.3 is 14.0 Å².